The van der Waals surface area contributed by atoms with Crippen molar-refractivity contribution in [1.82, 2.24) is 16.0 Å². The van der Waals surface area contributed by atoms with Crippen molar-refractivity contribution >= 4 is 41.1 Å². The zero-order valence-corrected chi connectivity index (χ0v) is 33.2. The number of carbonyl (C=O) groups excluding carboxylic acids is 5. The second kappa shape index (κ2) is 22.1. The third-order valence-electron chi connectivity index (χ3n) is 9.59. The molecule has 1 aliphatic carbocycles. The van der Waals surface area contributed by atoms with Gasteiger partial charge in [0.15, 0.2) is 6.10 Å². The normalized spacial score (nSPS) is 26.8. The quantitative estimate of drug-likeness (QED) is 0.109. The van der Waals surface area contributed by atoms with E-state index in [1.54, 1.807) is 63.3 Å². The average Bonchev–Trinajstić information content (AvgIpc) is 3.14. The van der Waals surface area contributed by atoms with Crippen LogP contribution in [0.5, 0.6) is 0 Å². The topological polar surface area (TPSA) is 195 Å². The number of aliphatic hydroxyl groups is 1. The van der Waals surface area contributed by atoms with Gasteiger partial charge < -0.3 is 41.0 Å². The Kier molecular flexibility index (Phi) is 18.0. The Bertz CT molecular complexity index is 1700. The standard InChI is InChI=1S/C41H55ClN4O9/c1-24-20-30-35(44-18-9-7-8-10-19-45-40(51)28-14-16-29(42)17-15-28)32(47)23-31(37(30)49)46-39(50)25(2)12-11-13-33(53-5)38(55-41(43)52)27(4)22-26(3)36(48)34(21-24)54-6/h11-17,22-24,26,33-34,36,38,44,48H,7-10,18-21H2,1-6H3,(H2,43,52)(H,45,51)(H,46,50)/b13-11-,25-12+,27-22+/t24-,26+,33+,34+,36-,38+/m1/s1. The number of nitrogens with two attached hydrogens (primary N) is 1. The van der Waals surface area contributed by atoms with Gasteiger partial charge in [-0.25, -0.2) is 4.79 Å². The van der Waals surface area contributed by atoms with E-state index in [-0.39, 0.29) is 40.8 Å². The van der Waals surface area contributed by atoms with Crippen molar-refractivity contribution in [2.75, 3.05) is 27.3 Å². The lowest BCUT2D eigenvalue weighted by Crippen LogP contribution is -2.38. The van der Waals surface area contributed by atoms with Gasteiger partial charge >= 0.3 is 6.09 Å². The summed E-state index contributed by atoms with van der Waals surface area (Å²) in [6.45, 7) is 7.94. The molecular weight excluding hydrogens is 728 g/mol. The number of benzene rings is 1. The number of amides is 3. The molecule has 2 aliphatic rings. The summed E-state index contributed by atoms with van der Waals surface area (Å²) >= 11 is 5.90. The Morgan fingerprint density at radius 2 is 1.67 bits per heavy atom. The van der Waals surface area contributed by atoms with Crippen LogP contribution in [0.1, 0.15) is 76.6 Å². The van der Waals surface area contributed by atoms with E-state index in [4.69, 9.17) is 31.5 Å². The van der Waals surface area contributed by atoms with Crippen molar-refractivity contribution in [2.24, 2.45) is 17.6 Å². The molecule has 14 heteroatoms. The lowest BCUT2D eigenvalue weighted by atomic mass is 9.85. The predicted octanol–water partition coefficient (Wildman–Crippen LogP) is 5.00. The van der Waals surface area contributed by atoms with Crippen molar-refractivity contribution in [3.05, 3.63) is 93.3 Å². The first-order valence-electron chi connectivity index (χ1n) is 18.5. The van der Waals surface area contributed by atoms with E-state index in [9.17, 15) is 29.1 Å². The molecule has 55 heavy (non-hydrogen) atoms. The van der Waals surface area contributed by atoms with Gasteiger partial charge in [-0.2, -0.15) is 0 Å². The van der Waals surface area contributed by atoms with Crippen LogP contribution in [-0.4, -0.2) is 86.3 Å². The van der Waals surface area contributed by atoms with Crippen LogP contribution in [0, 0.1) is 11.8 Å². The molecule has 1 aromatic rings. The molecule has 1 aliphatic heterocycles. The van der Waals surface area contributed by atoms with Crippen LogP contribution < -0.4 is 21.7 Å². The van der Waals surface area contributed by atoms with Crippen LogP contribution in [-0.2, 0) is 28.6 Å². The fraction of sp³-hybridized carbons (Fsp3) is 0.488. The Hall–Kier alpha value is -4.56. The van der Waals surface area contributed by atoms with Gasteiger partial charge in [0.25, 0.3) is 11.8 Å². The van der Waals surface area contributed by atoms with Crippen molar-refractivity contribution in [3.8, 4) is 0 Å². The summed E-state index contributed by atoms with van der Waals surface area (Å²) in [7, 11) is 2.92. The second-order valence-corrected chi connectivity index (χ2v) is 14.5. The predicted molar refractivity (Wildman–Crippen MR) is 210 cm³/mol. The number of hydrogen-bond donors (Lipinski definition) is 5. The number of rotatable bonds is 12. The number of nitrogens with one attached hydrogen (secondary N) is 3. The first-order valence-corrected chi connectivity index (χ1v) is 18.9. The Morgan fingerprint density at radius 3 is 2.31 bits per heavy atom. The molecule has 1 heterocycles. The van der Waals surface area contributed by atoms with E-state index in [0.29, 0.717) is 42.1 Å². The van der Waals surface area contributed by atoms with Gasteiger partial charge in [-0.1, -0.05) is 62.6 Å². The molecular formula is C41H55ClN4O9. The number of aliphatic hydroxyl groups excluding tert-OH is 1. The third-order valence-corrected chi connectivity index (χ3v) is 9.84. The molecule has 0 unspecified atom stereocenters. The van der Waals surface area contributed by atoms with Gasteiger partial charge in [0, 0.05) is 61.0 Å². The monoisotopic (exact) mass is 782 g/mol. The number of halogens is 1. The first kappa shape index (κ1) is 44.8. The number of primary amides is 1. The lowest BCUT2D eigenvalue weighted by molar-refractivity contribution is -0.120. The van der Waals surface area contributed by atoms with Gasteiger partial charge in [0.05, 0.1) is 23.6 Å². The Labute approximate surface area is 328 Å². The Balaban J connectivity index is 1.79. The third kappa shape index (κ3) is 13.6. The summed E-state index contributed by atoms with van der Waals surface area (Å²) in [5, 5.41) is 20.7. The first-order chi connectivity index (χ1) is 26.2. The molecule has 0 fully saturated rings. The molecule has 3 rings (SSSR count). The number of methoxy groups -OCH3 is 2. The van der Waals surface area contributed by atoms with E-state index >= 15 is 0 Å². The van der Waals surface area contributed by atoms with E-state index < -0.39 is 53.9 Å². The number of fused-ring (bicyclic) bond motifs is 2. The number of unbranched alkanes of at least 4 members (excludes halogenated alkanes) is 3. The molecule has 300 valence electrons. The molecule has 6 N–H and O–H groups in total. The smallest absolute Gasteiger partial charge is 0.405 e. The number of ketones is 2. The minimum Gasteiger partial charge on any atom is -0.439 e. The van der Waals surface area contributed by atoms with E-state index in [0.717, 1.165) is 25.3 Å². The molecule has 0 spiro atoms. The molecule has 2 bridgehead atoms. The van der Waals surface area contributed by atoms with Crippen molar-refractivity contribution < 1.29 is 43.3 Å². The van der Waals surface area contributed by atoms with Crippen molar-refractivity contribution in [1.29, 1.82) is 0 Å². The van der Waals surface area contributed by atoms with Gasteiger partial charge in [-0.05, 0) is 75.3 Å². The number of allylic oxidation sites excluding steroid dienone is 4. The van der Waals surface area contributed by atoms with E-state index in [1.807, 2.05) is 6.92 Å². The lowest BCUT2D eigenvalue weighted by Gasteiger charge is -2.30. The highest BCUT2D eigenvalue weighted by molar-refractivity contribution is 6.30. The maximum absolute atomic E-state index is 13.9. The SMILES string of the molecule is CO[C@H]1/C=C\C=C(/C)C(=O)NC2=CC(=O)C(NCCCCCCNC(=O)c3ccc(Cl)cc3)=C(C[C@@H](C)C[C@H](OC)[C@H](O)[C@@H](C)/C=C(\C)[C@@H]1OC(N)=O)C2=O. The summed E-state index contributed by atoms with van der Waals surface area (Å²) in [5.41, 5.74) is 7.01. The van der Waals surface area contributed by atoms with Crippen molar-refractivity contribution in [3.63, 3.8) is 0 Å². The summed E-state index contributed by atoms with van der Waals surface area (Å²) < 4.78 is 16.7. The van der Waals surface area contributed by atoms with Crippen LogP contribution in [0.25, 0.3) is 0 Å². The minimum atomic E-state index is -1.01. The van der Waals surface area contributed by atoms with Crippen LogP contribution >= 0.6 is 11.6 Å². The van der Waals surface area contributed by atoms with Gasteiger partial charge in [-0.3, -0.25) is 19.2 Å². The van der Waals surface area contributed by atoms with E-state index in [1.165, 1.54) is 20.3 Å². The minimum absolute atomic E-state index is 0.139. The van der Waals surface area contributed by atoms with Gasteiger partial charge in [0.1, 0.15) is 6.10 Å². The summed E-state index contributed by atoms with van der Waals surface area (Å²) in [4.78, 5) is 64.9. The molecule has 0 radical (unpaired) electrons. The largest absolute Gasteiger partial charge is 0.439 e. The highest BCUT2D eigenvalue weighted by atomic mass is 35.5. The number of hydrogen-bond acceptors (Lipinski definition) is 10. The molecule has 6 atom stereocenters. The molecule has 13 nitrogen and oxygen atoms in total. The highest BCUT2D eigenvalue weighted by Gasteiger charge is 2.33. The Morgan fingerprint density at radius 1 is 1.00 bits per heavy atom. The molecule has 1 aromatic carbocycles. The van der Waals surface area contributed by atoms with E-state index in [2.05, 4.69) is 16.0 Å². The fourth-order valence-electron chi connectivity index (χ4n) is 6.50. The van der Waals surface area contributed by atoms with Crippen LogP contribution in [0.3, 0.4) is 0 Å². The van der Waals surface area contributed by atoms with Crippen LogP contribution in [0.2, 0.25) is 5.02 Å². The number of carbonyl (C=O) groups is 5. The number of Topliss-reactive ketones (excluding diaryl/α,β-unsaturated/α-hetero) is 1. The van der Waals surface area contributed by atoms with Crippen LogP contribution in [0.15, 0.2) is 82.8 Å². The molecule has 0 saturated carbocycles. The number of ether oxygens (including phenoxy) is 3. The fourth-order valence-corrected chi connectivity index (χ4v) is 6.63. The average molecular weight is 783 g/mol. The van der Waals surface area contributed by atoms with Gasteiger partial charge in [-0.15, -0.1) is 0 Å². The summed E-state index contributed by atoms with van der Waals surface area (Å²) in [6.07, 6.45) is 6.80. The zero-order valence-electron chi connectivity index (χ0n) is 32.5. The molecule has 0 saturated heterocycles. The maximum Gasteiger partial charge on any atom is 0.405 e. The molecule has 3 amide bonds. The van der Waals surface area contributed by atoms with Crippen LogP contribution in [0.4, 0.5) is 4.79 Å². The highest BCUT2D eigenvalue weighted by Crippen LogP contribution is 2.29. The zero-order chi connectivity index (χ0) is 40.7. The van der Waals surface area contributed by atoms with Crippen molar-refractivity contribution in [2.45, 2.75) is 90.6 Å². The summed E-state index contributed by atoms with van der Waals surface area (Å²) in [6, 6.07) is 6.68. The van der Waals surface area contributed by atoms with Gasteiger partial charge in [0.2, 0.25) is 11.6 Å². The summed E-state index contributed by atoms with van der Waals surface area (Å²) in [5.74, 6) is -2.37. The maximum atomic E-state index is 13.9. The molecule has 0 aromatic heterocycles. The second-order valence-electron chi connectivity index (χ2n) is 14.0.